The van der Waals surface area contributed by atoms with Crippen LogP contribution in [0.2, 0.25) is 0 Å². The zero-order chi connectivity index (χ0) is 17.6. The van der Waals surface area contributed by atoms with Crippen molar-refractivity contribution in [2.24, 2.45) is 0 Å². The molecule has 3 heterocycles. The highest BCUT2D eigenvalue weighted by Gasteiger charge is 2.57. The second-order valence-corrected chi connectivity index (χ2v) is 5.81. The Labute approximate surface area is 138 Å². The van der Waals surface area contributed by atoms with Gasteiger partial charge in [-0.05, 0) is 12.5 Å². The molecule has 0 amide bonds. The van der Waals surface area contributed by atoms with E-state index in [1.165, 1.54) is 10.9 Å². The summed E-state index contributed by atoms with van der Waals surface area (Å²) in [5.41, 5.74) is 5.11. The fourth-order valence-corrected chi connectivity index (χ4v) is 3.05. The Bertz CT molecular complexity index is 856. The summed E-state index contributed by atoms with van der Waals surface area (Å²) in [6, 6.07) is 0. The van der Waals surface area contributed by atoms with E-state index in [0.717, 1.165) is 0 Å². The summed E-state index contributed by atoms with van der Waals surface area (Å²) < 4.78 is 7.16. The van der Waals surface area contributed by atoms with Crippen LogP contribution in [-0.2, 0) is 4.74 Å². The number of nitrogens with two attached hydrogens (primary N) is 1. The zero-order valence-corrected chi connectivity index (χ0v) is 13.0. The van der Waals surface area contributed by atoms with Gasteiger partial charge in [-0.25, -0.2) is 9.97 Å². The van der Waals surface area contributed by atoms with E-state index in [4.69, 9.17) is 16.9 Å². The minimum absolute atomic E-state index is 0.197. The Morgan fingerprint density at radius 2 is 2.29 bits per heavy atom. The molecule has 3 rings (SSSR count). The summed E-state index contributed by atoms with van der Waals surface area (Å²) in [6.45, 7) is 4.84. The van der Waals surface area contributed by atoms with Crippen LogP contribution in [0.25, 0.3) is 11.0 Å². The average molecular weight is 330 g/mol. The molecule has 0 aromatic carbocycles. The highest BCUT2D eigenvalue weighted by Crippen LogP contribution is 2.44. The maximum Gasteiger partial charge on any atom is 0.171 e. The molecule has 0 aliphatic carbocycles. The molecule has 126 valence electrons. The van der Waals surface area contributed by atoms with Crippen LogP contribution < -0.4 is 5.73 Å². The monoisotopic (exact) mass is 330 g/mol. The molecule has 24 heavy (non-hydrogen) atoms. The van der Waals surface area contributed by atoms with Gasteiger partial charge in [-0.1, -0.05) is 12.5 Å². The minimum atomic E-state index is -1.83. The van der Waals surface area contributed by atoms with Gasteiger partial charge in [-0.15, -0.1) is 6.42 Å². The first-order valence-electron chi connectivity index (χ1n) is 7.26. The molecule has 4 atom stereocenters. The van der Waals surface area contributed by atoms with Crippen molar-refractivity contribution in [3.8, 4) is 12.3 Å². The lowest BCUT2D eigenvalue weighted by molar-refractivity contribution is -0.0831. The average Bonchev–Trinajstić information content (AvgIpc) is 3.05. The van der Waals surface area contributed by atoms with Crippen molar-refractivity contribution in [2.45, 2.75) is 31.0 Å². The number of aliphatic hydroxyl groups excluding tert-OH is 2. The van der Waals surface area contributed by atoms with Crippen LogP contribution >= 0.6 is 0 Å². The first-order valence-corrected chi connectivity index (χ1v) is 7.26. The highest BCUT2D eigenvalue weighted by atomic mass is 16.6. The van der Waals surface area contributed by atoms with Gasteiger partial charge in [0, 0.05) is 6.20 Å². The fourth-order valence-electron chi connectivity index (χ4n) is 3.05. The third kappa shape index (κ3) is 2.03. The van der Waals surface area contributed by atoms with Gasteiger partial charge >= 0.3 is 0 Å². The summed E-state index contributed by atoms with van der Waals surface area (Å²) in [5.74, 6) is 2.69. The maximum absolute atomic E-state index is 11.0. The molecule has 1 aliphatic heterocycles. The van der Waals surface area contributed by atoms with E-state index >= 15 is 0 Å². The number of nitrogens with zero attached hydrogens (tertiary/aromatic N) is 3. The molecule has 0 spiro atoms. The van der Waals surface area contributed by atoms with E-state index < -0.39 is 30.6 Å². The van der Waals surface area contributed by atoms with Gasteiger partial charge in [-0.2, -0.15) is 0 Å². The van der Waals surface area contributed by atoms with Crippen molar-refractivity contribution >= 4 is 16.9 Å². The lowest BCUT2D eigenvalue weighted by Gasteiger charge is -2.32. The van der Waals surface area contributed by atoms with Gasteiger partial charge in [0.25, 0.3) is 0 Å². The summed E-state index contributed by atoms with van der Waals surface area (Å²) in [5, 5.41) is 31.3. The number of fused-ring (bicyclic) bond motifs is 1. The Morgan fingerprint density at radius 3 is 2.88 bits per heavy atom. The van der Waals surface area contributed by atoms with E-state index in [2.05, 4.69) is 22.5 Å². The molecule has 2 aromatic rings. The Morgan fingerprint density at radius 1 is 1.58 bits per heavy atom. The van der Waals surface area contributed by atoms with Crippen LogP contribution in [0, 0.1) is 12.3 Å². The van der Waals surface area contributed by atoms with Crippen molar-refractivity contribution in [1.29, 1.82) is 0 Å². The van der Waals surface area contributed by atoms with Gasteiger partial charge in [0.15, 0.2) is 11.8 Å². The van der Waals surface area contributed by atoms with E-state index in [-0.39, 0.29) is 11.4 Å². The quantitative estimate of drug-likeness (QED) is 0.443. The second-order valence-electron chi connectivity index (χ2n) is 5.81. The Kier molecular flexibility index (Phi) is 3.81. The number of ether oxygens (including phenoxy) is 1. The number of aromatic nitrogens is 3. The van der Waals surface area contributed by atoms with E-state index in [9.17, 15) is 15.3 Å². The topological polar surface area (TPSA) is 127 Å². The van der Waals surface area contributed by atoms with Gasteiger partial charge in [0.2, 0.25) is 0 Å². The lowest BCUT2D eigenvalue weighted by Crippen LogP contribution is -2.47. The molecule has 0 saturated carbocycles. The van der Waals surface area contributed by atoms with Crippen molar-refractivity contribution in [1.82, 2.24) is 14.5 Å². The zero-order valence-electron chi connectivity index (χ0n) is 13.0. The highest BCUT2D eigenvalue weighted by molar-refractivity contribution is 5.92. The maximum atomic E-state index is 11.0. The first kappa shape index (κ1) is 16.4. The smallest absolute Gasteiger partial charge is 0.171 e. The number of anilines is 1. The van der Waals surface area contributed by atoms with Crippen molar-refractivity contribution < 1.29 is 20.1 Å². The second kappa shape index (κ2) is 5.58. The molecule has 2 aromatic heterocycles. The summed E-state index contributed by atoms with van der Waals surface area (Å²) in [7, 11) is 0. The Balaban J connectivity index is 2.25. The van der Waals surface area contributed by atoms with Crippen LogP contribution in [0.5, 0.6) is 0 Å². The third-order valence-electron chi connectivity index (χ3n) is 4.39. The van der Waals surface area contributed by atoms with Gasteiger partial charge < -0.3 is 30.4 Å². The minimum Gasteiger partial charge on any atom is -0.394 e. The predicted molar refractivity (Wildman–Crippen MR) is 86.6 cm³/mol. The van der Waals surface area contributed by atoms with Gasteiger partial charge in [0.1, 0.15) is 30.0 Å². The normalized spacial score (nSPS) is 29.7. The third-order valence-corrected chi connectivity index (χ3v) is 4.39. The predicted octanol–water partition coefficient (Wildman–Crippen LogP) is -0.447. The van der Waals surface area contributed by atoms with Crippen LogP contribution in [-0.4, -0.2) is 54.3 Å². The van der Waals surface area contributed by atoms with Crippen molar-refractivity contribution in [2.75, 3.05) is 12.3 Å². The number of hydrogen-bond donors (Lipinski definition) is 4. The molecular formula is C16H18N4O4. The van der Waals surface area contributed by atoms with E-state index in [1.807, 2.05) is 0 Å². The molecule has 1 saturated heterocycles. The largest absolute Gasteiger partial charge is 0.394 e. The Hall–Kier alpha value is -2.44. The SMILES string of the molecule is C#Cc1cn([C@@H]2OC(CO)[C@@H](O)[C@]2(O)C(=C)C)c2ncnc(N)c12. The van der Waals surface area contributed by atoms with Crippen LogP contribution in [0.3, 0.4) is 0 Å². The molecular weight excluding hydrogens is 312 g/mol. The van der Waals surface area contributed by atoms with Crippen LogP contribution in [0.1, 0.15) is 18.7 Å². The van der Waals surface area contributed by atoms with E-state index in [0.29, 0.717) is 16.6 Å². The van der Waals surface area contributed by atoms with Crippen molar-refractivity contribution in [3.05, 3.63) is 30.2 Å². The molecule has 1 aliphatic rings. The molecule has 0 bridgehead atoms. The number of terminal acetylenes is 1. The van der Waals surface area contributed by atoms with Crippen molar-refractivity contribution in [3.63, 3.8) is 0 Å². The molecule has 0 radical (unpaired) electrons. The molecule has 8 nitrogen and oxygen atoms in total. The van der Waals surface area contributed by atoms with Gasteiger partial charge in [0.05, 0.1) is 17.6 Å². The van der Waals surface area contributed by atoms with Gasteiger partial charge in [-0.3, -0.25) is 0 Å². The lowest BCUT2D eigenvalue weighted by atomic mass is 9.87. The van der Waals surface area contributed by atoms with Crippen LogP contribution in [0.4, 0.5) is 5.82 Å². The fraction of sp³-hybridized carbons (Fsp3) is 0.375. The number of hydrogen-bond acceptors (Lipinski definition) is 7. The number of nitrogen functional groups attached to an aromatic ring is 1. The summed E-state index contributed by atoms with van der Waals surface area (Å²) >= 11 is 0. The molecule has 8 heteroatoms. The number of aliphatic hydroxyl groups is 3. The molecule has 1 fully saturated rings. The molecule has 1 unspecified atom stereocenters. The number of rotatable bonds is 3. The molecule has 5 N–H and O–H groups in total. The first-order chi connectivity index (χ1) is 11.4. The van der Waals surface area contributed by atoms with E-state index in [1.54, 1.807) is 13.1 Å². The summed E-state index contributed by atoms with van der Waals surface area (Å²) in [4.78, 5) is 8.09. The van der Waals surface area contributed by atoms with Crippen LogP contribution in [0.15, 0.2) is 24.7 Å². The summed E-state index contributed by atoms with van der Waals surface area (Å²) in [6.07, 6.45) is 4.90. The standard InChI is InChI=1S/C16H18N4O4/c1-4-9-5-20(14-11(9)13(17)18-7-19-14)15-16(23,8(2)3)12(22)10(6-21)24-15/h1,5,7,10,12,15,21-23H,2,6H2,3H3,(H2,17,18,19)/t10?,12-,15-,16-/m1/s1.